The van der Waals surface area contributed by atoms with Crippen molar-refractivity contribution in [2.45, 2.75) is 19.3 Å². The van der Waals surface area contributed by atoms with E-state index in [9.17, 15) is 0 Å². The number of rotatable bonds is 7. The highest BCUT2D eigenvalue weighted by atomic mass is 127. The van der Waals surface area contributed by atoms with Gasteiger partial charge in [0.15, 0.2) is 5.96 Å². The monoisotopic (exact) mass is 481 g/mol. The van der Waals surface area contributed by atoms with Crippen molar-refractivity contribution in [1.29, 1.82) is 0 Å². The van der Waals surface area contributed by atoms with E-state index in [4.69, 9.17) is 21.1 Å². The lowest BCUT2D eigenvalue weighted by molar-refractivity contribution is 0.0625. The summed E-state index contributed by atoms with van der Waals surface area (Å²) in [5.74, 6) is 2.37. The SMILES string of the molecule is CN=C(NCCOc1ccccc1Cl)N(C)CCC1CCOCC1.I. The summed E-state index contributed by atoms with van der Waals surface area (Å²) < 4.78 is 11.1. The molecule has 0 aromatic heterocycles. The summed E-state index contributed by atoms with van der Waals surface area (Å²) in [4.78, 5) is 6.51. The smallest absolute Gasteiger partial charge is 0.193 e. The molecule has 5 nitrogen and oxygen atoms in total. The second-order valence-electron chi connectivity index (χ2n) is 6.02. The molecule has 1 aromatic rings. The van der Waals surface area contributed by atoms with Gasteiger partial charge in [-0.3, -0.25) is 4.99 Å². The molecular formula is C18H29ClIN3O2. The topological polar surface area (TPSA) is 46.1 Å². The molecule has 0 aliphatic carbocycles. The van der Waals surface area contributed by atoms with Gasteiger partial charge >= 0.3 is 0 Å². The number of halogens is 2. The van der Waals surface area contributed by atoms with Gasteiger partial charge in [-0.25, -0.2) is 0 Å². The molecule has 7 heteroatoms. The van der Waals surface area contributed by atoms with Gasteiger partial charge in [-0.2, -0.15) is 0 Å². The first-order valence-corrected chi connectivity index (χ1v) is 8.95. The Morgan fingerprint density at radius 1 is 1.36 bits per heavy atom. The van der Waals surface area contributed by atoms with Crippen LogP contribution < -0.4 is 10.1 Å². The summed E-state index contributed by atoms with van der Waals surface area (Å²) in [6.45, 7) is 4.02. The van der Waals surface area contributed by atoms with E-state index in [-0.39, 0.29) is 24.0 Å². The van der Waals surface area contributed by atoms with Crippen LogP contribution in [0.15, 0.2) is 29.3 Å². The summed E-state index contributed by atoms with van der Waals surface area (Å²) in [5, 5.41) is 3.96. The van der Waals surface area contributed by atoms with E-state index in [0.29, 0.717) is 23.9 Å². The fourth-order valence-electron chi connectivity index (χ4n) is 2.79. The Hall–Kier alpha value is -0.730. The molecule has 1 aromatic carbocycles. The summed E-state index contributed by atoms with van der Waals surface area (Å²) in [6, 6.07) is 7.50. The van der Waals surface area contributed by atoms with E-state index < -0.39 is 0 Å². The Labute approximate surface area is 173 Å². The number of aliphatic imine (C=N–C) groups is 1. The van der Waals surface area contributed by atoms with Gasteiger partial charge in [0.25, 0.3) is 0 Å². The van der Waals surface area contributed by atoms with E-state index in [1.165, 1.54) is 19.3 Å². The van der Waals surface area contributed by atoms with Crippen molar-refractivity contribution in [1.82, 2.24) is 10.2 Å². The predicted octanol–water partition coefficient (Wildman–Crippen LogP) is 3.66. The van der Waals surface area contributed by atoms with Crippen LogP contribution in [0.5, 0.6) is 5.75 Å². The first kappa shape index (κ1) is 22.3. The van der Waals surface area contributed by atoms with Gasteiger partial charge in [-0.15, -0.1) is 24.0 Å². The molecule has 0 atom stereocenters. The summed E-state index contributed by atoms with van der Waals surface area (Å²) in [5.41, 5.74) is 0. The highest BCUT2D eigenvalue weighted by molar-refractivity contribution is 14.0. The Kier molecular flexibility index (Phi) is 11.2. The van der Waals surface area contributed by atoms with E-state index in [2.05, 4.69) is 22.3 Å². The van der Waals surface area contributed by atoms with Gasteiger partial charge in [0, 0.05) is 33.9 Å². The van der Waals surface area contributed by atoms with Crippen molar-refractivity contribution in [3.8, 4) is 5.75 Å². The van der Waals surface area contributed by atoms with Crippen molar-refractivity contribution >= 4 is 41.5 Å². The van der Waals surface area contributed by atoms with Crippen LogP contribution in [0.3, 0.4) is 0 Å². The largest absolute Gasteiger partial charge is 0.490 e. The second kappa shape index (κ2) is 12.6. The van der Waals surface area contributed by atoms with Crippen molar-refractivity contribution in [3.63, 3.8) is 0 Å². The highest BCUT2D eigenvalue weighted by Gasteiger charge is 2.15. The molecule has 0 unspecified atom stereocenters. The van der Waals surface area contributed by atoms with Crippen LogP contribution in [0.2, 0.25) is 5.02 Å². The first-order valence-electron chi connectivity index (χ1n) is 8.57. The molecule has 1 N–H and O–H groups in total. The second-order valence-corrected chi connectivity index (χ2v) is 6.43. The standard InChI is InChI=1S/C18H28ClN3O2.HI/c1-20-18(22(2)11-7-15-8-12-23-13-9-15)21-10-14-24-17-6-4-3-5-16(17)19;/h3-6,15H,7-14H2,1-2H3,(H,20,21);1H. The molecule has 1 aliphatic heterocycles. The van der Waals surface area contributed by atoms with Crippen LogP contribution in [0.4, 0.5) is 0 Å². The van der Waals surface area contributed by atoms with Gasteiger partial charge in [0.2, 0.25) is 0 Å². The maximum atomic E-state index is 6.07. The average molecular weight is 482 g/mol. The number of nitrogens with one attached hydrogen (secondary N) is 1. The van der Waals surface area contributed by atoms with Crippen LogP contribution in [0.1, 0.15) is 19.3 Å². The van der Waals surface area contributed by atoms with Gasteiger partial charge in [-0.1, -0.05) is 23.7 Å². The van der Waals surface area contributed by atoms with E-state index in [1.54, 1.807) is 0 Å². The number of guanidine groups is 1. The Morgan fingerprint density at radius 2 is 2.08 bits per heavy atom. The fourth-order valence-corrected chi connectivity index (χ4v) is 2.98. The lowest BCUT2D eigenvalue weighted by Gasteiger charge is -2.26. The van der Waals surface area contributed by atoms with E-state index in [1.807, 2.05) is 31.3 Å². The van der Waals surface area contributed by atoms with Crippen LogP contribution >= 0.6 is 35.6 Å². The lowest BCUT2D eigenvalue weighted by Crippen LogP contribution is -2.41. The zero-order valence-corrected chi connectivity index (χ0v) is 18.1. The Bertz CT molecular complexity index is 525. The van der Waals surface area contributed by atoms with Crippen molar-refractivity contribution in [3.05, 3.63) is 29.3 Å². The molecule has 1 fully saturated rings. The molecule has 0 amide bonds. The molecule has 25 heavy (non-hydrogen) atoms. The van der Waals surface area contributed by atoms with Gasteiger partial charge in [0.05, 0.1) is 11.6 Å². The normalized spacial score (nSPS) is 15.4. The average Bonchev–Trinajstić information content (AvgIpc) is 2.62. The molecule has 0 saturated carbocycles. The van der Waals surface area contributed by atoms with Crippen LogP contribution in [-0.2, 0) is 4.74 Å². The maximum Gasteiger partial charge on any atom is 0.193 e. The minimum atomic E-state index is 0. The van der Waals surface area contributed by atoms with Crippen molar-refractivity contribution < 1.29 is 9.47 Å². The third-order valence-corrected chi connectivity index (χ3v) is 4.58. The molecule has 0 bridgehead atoms. The molecule has 1 aliphatic rings. The predicted molar refractivity (Wildman–Crippen MR) is 115 cm³/mol. The fraction of sp³-hybridized carbons (Fsp3) is 0.611. The van der Waals surface area contributed by atoms with Gasteiger partial charge < -0.3 is 19.7 Å². The molecular weight excluding hydrogens is 453 g/mol. The molecule has 0 spiro atoms. The van der Waals surface area contributed by atoms with E-state index >= 15 is 0 Å². The maximum absolute atomic E-state index is 6.07. The Morgan fingerprint density at radius 3 is 2.76 bits per heavy atom. The molecule has 142 valence electrons. The van der Waals surface area contributed by atoms with Gasteiger partial charge in [-0.05, 0) is 37.3 Å². The minimum absolute atomic E-state index is 0. The van der Waals surface area contributed by atoms with Gasteiger partial charge in [0.1, 0.15) is 12.4 Å². The van der Waals surface area contributed by atoms with Crippen LogP contribution in [0.25, 0.3) is 0 Å². The molecule has 1 saturated heterocycles. The summed E-state index contributed by atoms with van der Waals surface area (Å²) >= 11 is 6.07. The Balaban J connectivity index is 0.00000312. The summed E-state index contributed by atoms with van der Waals surface area (Å²) in [7, 11) is 3.88. The zero-order chi connectivity index (χ0) is 17.2. The number of hydrogen-bond acceptors (Lipinski definition) is 3. The number of ether oxygens (including phenoxy) is 2. The molecule has 1 heterocycles. The number of hydrogen-bond donors (Lipinski definition) is 1. The van der Waals surface area contributed by atoms with Crippen molar-refractivity contribution in [2.75, 3.05) is 47.0 Å². The quantitative estimate of drug-likeness (QED) is 0.279. The summed E-state index contributed by atoms with van der Waals surface area (Å²) in [6.07, 6.45) is 3.52. The number of nitrogens with zero attached hydrogens (tertiary/aromatic N) is 2. The molecule has 2 rings (SSSR count). The lowest BCUT2D eigenvalue weighted by atomic mass is 9.96. The zero-order valence-electron chi connectivity index (χ0n) is 15.0. The minimum Gasteiger partial charge on any atom is -0.490 e. The van der Waals surface area contributed by atoms with E-state index in [0.717, 1.165) is 31.6 Å². The number of para-hydroxylation sites is 1. The number of benzene rings is 1. The highest BCUT2D eigenvalue weighted by Crippen LogP contribution is 2.22. The van der Waals surface area contributed by atoms with Crippen LogP contribution in [0, 0.1) is 5.92 Å². The third kappa shape index (κ3) is 8.00. The van der Waals surface area contributed by atoms with Crippen molar-refractivity contribution in [2.24, 2.45) is 10.9 Å². The van der Waals surface area contributed by atoms with Crippen LogP contribution in [-0.4, -0.2) is 57.9 Å². The third-order valence-electron chi connectivity index (χ3n) is 4.27. The molecule has 0 radical (unpaired) electrons. The first-order chi connectivity index (χ1) is 11.7.